The molecule has 0 saturated carbocycles. The molecule has 1 aromatic rings. The van der Waals surface area contributed by atoms with Crippen molar-refractivity contribution in [2.75, 3.05) is 6.61 Å². The van der Waals surface area contributed by atoms with E-state index in [1.54, 1.807) is 0 Å². The van der Waals surface area contributed by atoms with Crippen LogP contribution in [-0.4, -0.2) is 21.8 Å². The molecule has 72 valence electrons. The molecule has 0 spiro atoms. The van der Waals surface area contributed by atoms with Gasteiger partial charge in [-0.25, -0.2) is 4.98 Å². The monoisotopic (exact) mass is 181 g/mol. The fraction of sp³-hybridized carbons (Fsp3) is 0.778. The fourth-order valence-corrected chi connectivity index (χ4v) is 1.56. The van der Waals surface area contributed by atoms with Crippen molar-refractivity contribution < 1.29 is 4.74 Å². The molecule has 0 aromatic carbocycles. The zero-order chi connectivity index (χ0) is 9.10. The van der Waals surface area contributed by atoms with Crippen LogP contribution in [0.3, 0.4) is 0 Å². The average Bonchev–Trinajstić information content (AvgIpc) is 2.67. The molecule has 1 aliphatic heterocycles. The van der Waals surface area contributed by atoms with Crippen LogP contribution in [0.2, 0.25) is 0 Å². The summed E-state index contributed by atoms with van der Waals surface area (Å²) in [6, 6.07) is 0. The molecule has 2 rings (SSSR count). The standard InChI is InChI=1S/C9H15N3O/c1-2-8-10-9(12-11-8)7-5-3-4-6-13-7/h7H,2-6H2,1H3,(H,10,11,12). The molecule has 4 heteroatoms. The number of ether oxygens (including phenoxy) is 1. The Morgan fingerprint density at radius 2 is 2.46 bits per heavy atom. The van der Waals surface area contributed by atoms with Crippen molar-refractivity contribution >= 4 is 0 Å². The van der Waals surface area contributed by atoms with Crippen molar-refractivity contribution in [3.05, 3.63) is 11.6 Å². The lowest BCUT2D eigenvalue weighted by Gasteiger charge is -2.19. The summed E-state index contributed by atoms with van der Waals surface area (Å²) in [7, 11) is 0. The van der Waals surface area contributed by atoms with E-state index in [9.17, 15) is 0 Å². The van der Waals surface area contributed by atoms with Crippen molar-refractivity contribution in [3.63, 3.8) is 0 Å². The second kappa shape index (κ2) is 3.87. The Morgan fingerprint density at radius 1 is 1.54 bits per heavy atom. The predicted molar refractivity (Wildman–Crippen MR) is 48.3 cm³/mol. The number of nitrogens with zero attached hydrogens (tertiary/aromatic N) is 2. The van der Waals surface area contributed by atoms with Gasteiger partial charge in [-0.05, 0) is 19.3 Å². The topological polar surface area (TPSA) is 50.8 Å². The molecular formula is C9H15N3O. The number of hydrogen-bond donors (Lipinski definition) is 1. The van der Waals surface area contributed by atoms with E-state index in [-0.39, 0.29) is 6.10 Å². The number of aryl methyl sites for hydroxylation is 1. The van der Waals surface area contributed by atoms with Crippen LogP contribution in [0.25, 0.3) is 0 Å². The van der Waals surface area contributed by atoms with Gasteiger partial charge < -0.3 is 4.74 Å². The van der Waals surface area contributed by atoms with Crippen molar-refractivity contribution in [2.45, 2.75) is 38.7 Å². The molecule has 0 aliphatic carbocycles. The van der Waals surface area contributed by atoms with Gasteiger partial charge in [-0.2, -0.15) is 5.10 Å². The minimum Gasteiger partial charge on any atom is -0.370 e. The highest BCUT2D eigenvalue weighted by molar-refractivity contribution is 4.94. The van der Waals surface area contributed by atoms with Crippen molar-refractivity contribution in [2.24, 2.45) is 0 Å². The molecule has 1 fully saturated rings. The minimum absolute atomic E-state index is 0.130. The van der Waals surface area contributed by atoms with Crippen LogP contribution in [0.4, 0.5) is 0 Å². The average molecular weight is 181 g/mol. The second-order valence-corrected chi connectivity index (χ2v) is 3.35. The molecule has 0 amide bonds. The van der Waals surface area contributed by atoms with Gasteiger partial charge in [-0.15, -0.1) is 0 Å². The van der Waals surface area contributed by atoms with Crippen LogP contribution < -0.4 is 0 Å². The maximum absolute atomic E-state index is 5.58. The van der Waals surface area contributed by atoms with Gasteiger partial charge in [-0.3, -0.25) is 5.10 Å². The number of aromatic amines is 1. The van der Waals surface area contributed by atoms with Gasteiger partial charge in [0.15, 0.2) is 5.82 Å². The maximum atomic E-state index is 5.58. The lowest BCUT2D eigenvalue weighted by Crippen LogP contribution is -2.12. The van der Waals surface area contributed by atoms with Gasteiger partial charge in [0.05, 0.1) is 0 Å². The summed E-state index contributed by atoms with van der Waals surface area (Å²) in [5.74, 6) is 1.78. The molecule has 0 bridgehead atoms. The molecule has 1 saturated heterocycles. The van der Waals surface area contributed by atoms with E-state index in [4.69, 9.17) is 4.74 Å². The number of rotatable bonds is 2. The fourth-order valence-electron chi connectivity index (χ4n) is 1.56. The van der Waals surface area contributed by atoms with E-state index in [0.29, 0.717) is 0 Å². The lowest BCUT2D eigenvalue weighted by molar-refractivity contribution is 0.00963. The van der Waals surface area contributed by atoms with Crippen LogP contribution in [0.1, 0.15) is 43.9 Å². The van der Waals surface area contributed by atoms with Gasteiger partial charge in [0.2, 0.25) is 0 Å². The van der Waals surface area contributed by atoms with Gasteiger partial charge in [0, 0.05) is 13.0 Å². The van der Waals surface area contributed by atoms with Crippen molar-refractivity contribution in [3.8, 4) is 0 Å². The Kier molecular flexibility index (Phi) is 2.59. The zero-order valence-electron chi connectivity index (χ0n) is 7.92. The largest absolute Gasteiger partial charge is 0.370 e. The first kappa shape index (κ1) is 8.69. The number of aromatic nitrogens is 3. The molecule has 1 aromatic heterocycles. The lowest BCUT2D eigenvalue weighted by atomic mass is 10.1. The summed E-state index contributed by atoms with van der Waals surface area (Å²) in [5, 5.41) is 7.06. The van der Waals surface area contributed by atoms with E-state index in [1.807, 2.05) is 0 Å². The summed E-state index contributed by atoms with van der Waals surface area (Å²) in [5.41, 5.74) is 0. The molecule has 13 heavy (non-hydrogen) atoms. The van der Waals surface area contributed by atoms with Crippen LogP contribution in [0.15, 0.2) is 0 Å². The van der Waals surface area contributed by atoms with Gasteiger partial charge >= 0.3 is 0 Å². The maximum Gasteiger partial charge on any atom is 0.179 e. The van der Waals surface area contributed by atoms with E-state index < -0.39 is 0 Å². The third-order valence-corrected chi connectivity index (χ3v) is 2.35. The second-order valence-electron chi connectivity index (χ2n) is 3.35. The van der Waals surface area contributed by atoms with Crippen LogP contribution >= 0.6 is 0 Å². The molecule has 1 N–H and O–H groups in total. The van der Waals surface area contributed by atoms with Crippen molar-refractivity contribution in [1.82, 2.24) is 15.2 Å². The molecule has 4 nitrogen and oxygen atoms in total. The highest BCUT2D eigenvalue weighted by Gasteiger charge is 2.19. The van der Waals surface area contributed by atoms with E-state index in [2.05, 4.69) is 22.1 Å². The van der Waals surface area contributed by atoms with Crippen molar-refractivity contribution in [1.29, 1.82) is 0 Å². The highest BCUT2D eigenvalue weighted by atomic mass is 16.5. The molecular weight excluding hydrogens is 166 g/mol. The molecule has 0 radical (unpaired) electrons. The van der Waals surface area contributed by atoms with E-state index in [1.165, 1.54) is 12.8 Å². The summed E-state index contributed by atoms with van der Waals surface area (Å²) in [4.78, 5) is 4.36. The summed E-state index contributed by atoms with van der Waals surface area (Å²) in [6.45, 7) is 2.91. The Morgan fingerprint density at radius 3 is 3.08 bits per heavy atom. The highest BCUT2D eigenvalue weighted by Crippen LogP contribution is 2.24. The first-order valence-corrected chi connectivity index (χ1v) is 4.93. The van der Waals surface area contributed by atoms with E-state index >= 15 is 0 Å². The Balaban J connectivity index is 2.05. The molecule has 1 unspecified atom stereocenters. The first-order chi connectivity index (χ1) is 6.40. The van der Waals surface area contributed by atoms with Gasteiger partial charge in [-0.1, -0.05) is 6.92 Å². The number of H-pyrrole nitrogens is 1. The van der Waals surface area contributed by atoms with Gasteiger partial charge in [0.25, 0.3) is 0 Å². The summed E-state index contributed by atoms with van der Waals surface area (Å²) in [6.07, 6.45) is 4.48. The Bertz CT molecular complexity index is 266. The SMILES string of the molecule is CCc1nc(C2CCCCO2)n[nH]1. The molecule has 2 heterocycles. The summed E-state index contributed by atoms with van der Waals surface area (Å²) >= 11 is 0. The number of nitrogens with one attached hydrogen (secondary N) is 1. The quantitative estimate of drug-likeness (QED) is 0.754. The minimum atomic E-state index is 0.130. The van der Waals surface area contributed by atoms with Crippen LogP contribution in [0.5, 0.6) is 0 Å². The summed E-state index contributed by atoms with van der Waals surface area (Å²) < 4.78 is 5.58. The smallest absolute Gasteiger partial charge is 0.179 e. The normalized spacial score (nSPS) is 23.3. The Hall–Kier alpha value is -0.900. The first-order valence-electron chi connectivity index (χ1n) is 4.93. The molecule has 1 aliphatic rings. The number of hydrogen-bond acceptors (Lipinski definition) is 3. The third-order valence-electron chi connectivity index (χ3n) is 2.35. The van der Waals surface area contributed by atoms with Crippen LogP contribution in [0, 0.1) is 0 Å². The third kappa shape index (κ3) is 1.88. The van der Waals surface area contributed by atoms with E-state index in [0.717, 1.165) is 31.1 Å². The van der Waals surface area contributed by atoms with Crippen LogP contribution in [-0.2, 0) is 11.2 Å². The Labute approximate surface area is 77.7 Å². The molecule has 1 atom stereocenters. The predicted octanol–water partition coefficient (Wildman–Crippen LogP) is 1.61. The van der Waals surface area contributed by atoms with Gasteiger partial charge in [0.1, 0.15) is 11.9 Å². The zero-order valence-corrected chi connectivity index (χ0v) is 7.92.